The van der Waals surface area contributed by atoms with Crippen LogP contribution in [0.2, 0.25) is 0 Å². The lowest BCUT2D eigenvalue weighted by Gasteiger charge is -2.23. The highest BCUT2D eigenvalue weighted by atomic mass is 19.1. The first-order valence-corrected chi connectivity index (χ1v) is 5.04. The largest absolute Gasteiger partial charge is 0.481 e. The van der Waals surface area contributed by atoms with Gasteiger partial charge >= 0.3 is 5.97 Å². The highest BCUT2D eigenvalue weighted by Crippen LogP contribution is 2.16. The molecule has 1 heterocycles. The van der Waals surface area contributed by atoms with Gasteiger partial charge in [0.2, 0.25) is 0 Å². The van der Waals surface area contributed by atoms with Crippen molar-refractivity contribution in [2.45, 2.75) is 19.4 Å². The normalized spacial score (nSPS) is 12.8. The lowest BCUT2D eigenvalue weighted by atomic mass is 10.2. The summed E-state index contributed by atoms with van der Waals surface area (Å²) in [7, 11) is 1.82. The third-order valence-electron chi connectivity index (χ3n) is 2.52. The average Bonchev–Trinajstić information content (AvgIpc) is 2.26. The van der Waals surface area contributed by atoms with Crippen molar-refractivity contribution in [3.63, 3.8) is 0 Å². The number of carbonyl (C=O) groups is 1. The lowest BCUT2D eigenvalue weighted by molar-refractivity contribution is -0.137. The summed E-state index contributed by atoms with van der Waals surface area (Å²) in [5, 5.41) is 8.56. The molecule has 0 amide bonds. The van der Waals surface area contributed by atoms with Gasteiger partial charge in [0.25, 0.3) is 0 Å². The zero-order valence-electron chi connectivity index (χ0n) is 9.35. The number of hydrogen-bond donors (Lipinski definition) is 1. The number of halogens is 1. The van der Waals surface area contributed by atoms with E-state index in [1.807, 2.05) is 18.9 Å². The fraction of sp³-hybridized carbons (Fsp3) is 0.455. The number of carboxylic acid groups (broad SMARTS) is 1. The molecule has 1 aromatic heterocycles. The maximum Gasteiger partial charge on any atom is 0.304 e. The minimum Gasteiger partial charge on any atom is -0.481 e. The topological polar surface area (TPSA) is 53.4 Å². The molecule has 16 heavy (non-hydrogen) atoms. The van der Waals surface area contributed by atoms with Gasteiger partial charge in [-0.2, -0.15) is 0 Å². The molecule has 1 aromatic rings. The van der Waals surface area contributed by atoms with Crippen LogP contribution in [0.25, 0.3) is 0 Å². The number of hydrogen-bond acceptors (Lipinski definition) is 3. The number of aromatic nitrogens is 1. The molecule has 0 aliphatic carbocycles. The Balaban J connectivity index is 2.59. The maximum absolute atomic E-state index is 12.7. The van der Waals surface area contributed by atoms with Crippen LogP contribution in [0, 0.1) is 5.82 Å². The van der Waals surface area contributed by atoms with E-state index < -0.39 is 5.97 Å². The van der Waals surface area contributed by atoms with Gasteiger partial charge in [-0.3, -0.25) is 14.7 Å². The van der Waals surface area contributed by atoms with Gasteiger partial charge < -0.3 is 5.11 Å². The van der Waals surface area contributed by atoms with E-state index >= 15 is 0 Å². The van der Waals surface area contributed by atoms with Gasteiger partial charge in [-0.05, 0) is 26.1 Å². The van der Waals surface area contributed by atoms with Gasteiger partial charge in [0.1, 0.15) is 5.82 Å². The molecule has 0 bridgehead atoms. The summed E-state index contributed by atoms with van der Waals surface area (Å²) < 4.78 is 12.7. The molecule has 1 N–H and O–H groups in total. The minimum atomic E-state index is -0.828. The monoisotopic (exact) mass is 226 g/mol. The van der Waals surface area contributed by atoms with Gasteiger partial charge in [0, 0.05) is 12.6 Å². The van der Waals surface area contributed by atoms with Crippen molar-refractivity contribution in [2.75, 3.05) is 13.6 Å². The van der Waals surface area contributed by atoms with Gasteiger partial charge in [-0.25, -0.2) is 4.39 Å². The second kappa shape index (κ2) is 5.55. The number of aliphatic carboxylic acids is 1. The summed E-state index contributed by atoms with van der Waals surface area (Å²) in [4.78, 5) is 16.2. The summed E-state index contributed by atoms with van der Waals surface area (Å²) >= 11 is 0. The molecule has 0 aliphatic rings. The average molecular weight is 226 g/mol. The van der Waals surface area contributed by atoms with Crippen LogP contribution in [0.15, 0.2) is 18.3 Å². The standard InChI is InChI=1S/C11H15FN2O2/c1-8(14(2)6-5-11(15)16)10-4-3-9(12)7-13-10/h3-4,7-8H,5-6H2,1-2H3,(H,15,16). The number of pyridine rings is 1. The summed E-state index contributed by atoms with van der Waals surface area (Å²) in [6.45, 7) is 2.34. The molecule has 5 heteroatoms. The van der Waals surface area contributed by atoms with E-state index in [0.717, 1.165) is 11.9 Å². The zero-order chi connectivity index (χ0) is 12.1. The van der Waals surface area contributed by atoms with E-state index in [9.17, 15) is 9.18 Å². The van der Waals surface area contributed by atoms with E-state index in [0.29, 0.717) is 6.54 Å². The number of rotatable bonds is 5. The Morgan fingerprint density at radius 3 is 2.81 bits per heavy atom. The molecule has 0 spiro atoms. The molecule has 0 saturated heterocycles. The van der Waals surface area contributed by atoms with Crippen LogP contribution >= 0.6 is 0 Å². The van der Waals surface area contributed by atoms with E-state index in [-0.39, 0.29) is 18.3 Å². The second-order valence-electron chi connectivity index (χ2n) is 3.70. The molecule has 0 saturated carbocycles. The molecular weight excluding hydrogens is 211 g/mol. The van der Waals surface area contributed by atoms with Crippen molar-refractivity contribution in [1.82, 2.24) is 9.88 Å². The summed E-state index contributed by atoms with van der Waals surface area (Å²) in [5.41, 5.74) is 0.731. The van der Waals surface area contributed by atoms with Crippen LogP contribution in [0.3, 0.4) is 0 Å². The van der Waals surface area contributed by atoms with E-state index in [4.69, 9.17) is 5.11 Å². The van der Waals surface area contributed by atoms with E-state index in [2.05, 4.69) is 4.98 Å². The fourth-order valence-electron chi connectivity index (χ4n) is 1.33. The summed E-state index contributed by atoms with van der Waals surface area (Å²) in [6, 6.07) is 2.93. The Bertz CT molecular complexity index is 354. The predicted octanol–water partition coefficient (Wildman–Crippen LogP) is 1.69. The molecule has 0 aromatic carbocycles. The van der Waals surface area contributed by atoms with Gasteiger partial charge in [0.15, 0.2) is 0 Å². The molecule has 1 unspecified atom stereocenters. The van der Waals surface area contributed by atoms with E-state index in [1.165, 1.54) is 6.07 Å². The summed E-state index contributed by atoms with van der Waals surface area (Å²) in [6.07, 6.45) is 1.25. The molecule has 0 radical (unpaired) electrons. The van der Waals surface area contributed by atoms with Gasteiger partial charge in [-0.15, -0.1) is 0 Å². The highest BCUT2D eigenvalue weighted by molar-refractivity contribution is 5.66. The number of carboxylic acids is 1. The van der Waals surface area contributed by atoms with Crippen molar-refractivity contribution in [3.05, 3.63) is 29.8 Å². The Kier molecular flexibility index (Phi) is 4.37. The molecular formula is C11H15FN2O2. The van der Waals surface area contributed by atoms with Crippen molar-refractivity contribution >= 4 is 5.97 Å². The lowest BCUT2D eigenvalue weighted by Crippen LogP contribution is -2.25. The first kappa shape index (κ1) is 12.6. The molecule has 1 rings (SSSR count). The van der Waals surface area contributed by atoms with Crippen LogP contribution < -0.4 is 0 Å². The summed E-state index contributed by atoms with van der Waals surface area (Å²) in [5.74, 6) is -1.20. The second-order valence-corrected chi connectivity index (χ2v) is 3.70. The molecule has 0 aliphatic heterocycles. The first-order chi connectivity index (χ1) is 7.50. The molecule has 88 valence electrons. The number of nitrogens with zero attached hydrogens (tertiary/aromatic N) is 2. The van der Waals surface area contributed by atoms with Crippen molar-refractivity contribution in [2.24, 2.45) is 0 Å². The van der Waals surface area contributed by atoms with Crippen molar-refractivity contribution in [3.8, 4) is 0 Å². The predicted molar refractivity (Wildman–Crippen MR) is 57.5 cm³/mol. The third-order valence-corrected chi connectivity index (χ3v) is 2.52. The smallest absolute Gasteiger partial charge is 0.304 e. The van der Waals surface area contributed by atoms with Crippen LogP contribution in [-0.4, -0.2) is 34.6 Å². The quantitative estimate of drug-likeness (QED) is 0.830. The van der Waals surface area contributed by atoms with Crippen LogP contribution in [0.5, 0.6) is 0 Å². The molecule has 1 atom stereocenters. The van der Waals surface area contributed by atoms with Crippen LogP contribution in [0.4, 0.5) is 4.39 Å². The van der Waals surface area contributed by atoms with E-state index in [1.54, 1.807) is 6.07 Å². The highest BCUT2D eigenvalue weighted by Gasteiger charge is 2.13. The Hall–Kier alpha value is -1.49. The minimum absolute atomic E-state index is 0.0278. The first-order valence-electron chi connectivity index (χ1n) is 5.04. The van der Waals surface area contributed by atoms with Crippen molar-refractivity contribution in [1.29, 1.82) is 0 Å². The van der Waals surface area contributed by atoms with Crippen molar-refractivity contribution < 1.29 is 14.3 Å². The Morgan fingerprint density at radius 2 is 2.31 bits per heavy atom. The van der Waals surface area contributed by atoms with Crippen LogP contribution in [0.1, 0.15) is 25.1 Å². The molecule has 4 nitrogen and oxygen atoms in total. The van der Waals surface area contributed by atoms with Gasteiger partial charge in [-0.1, -0.05) is 0 Å². The zero-order valence-corrected chi connectivity index (χ0v) is 9.35. The van der Waals surface area contributed by atoms with Gasteiger partial charge in [0.05, 0.1) is 18.3 Å². The Labute approximate surface area is 93.7 Å². The fourth-order valence-corrected chi connectivity index (χ4v) is 1.33. The maximum atomic E-state index is 12.7. The van der Waals surface area contributed by atoms with Crippen LogP contribution in [-0.2, 0) is 4.79 Å². The Morgan fingerprint density at radius 1 is 1.62 bits per heavy atom. The molecule has 0 fully saturated rings. The third kappa shape index (κ3) is 3.58. The SMILES string of the molecule is CC(c1ccc(F)cn1)N(C)CCC(=O)O.